The number of carbonyl (C=O) groups excluding carboxylic acids is 2. The zero-order valence-corrected chi connectivity index (χ0v) is 12.8. The van der Waals surface area contributed by atoms with Gasteiger partial charge in [-0.2, -0.15) is 0 Å². The molecule has 0 unspecified atom stereocenters. The molecule has 0 spiro atoms. The molecule has 4 rings (SSSR count). The van der Waals surface area contributed by atoms with E-state index in [1.165, 1.54) is 23.5 Å². The van der Waals surface area contributed by atoms with Gasteiger partial charge in [0.1, 0.15) is 10.1 Å². The number of aromatic nitrogens is 2. The van der Waals surface area contributed by atoms with E-state index < -0.39 is 0 Å². The fraction of sp³-hybridized carbons (Fsp3) is 0.143. The van der Waals surface area contributed by atoms with Gasteiger partial charge in [0.25, 0.3) is 0 Å². The van der Waals surface area contributed by atoms with Gasteiger partial charge in [0.2, 0.25) is 11.8 Å². The van der Waals surface area contributed by atoms with Crippen molar-refractivity contribution < 1.29 is 9.59 Å². The lowest BCUT2D eigenvalue weighted by Gasteiger charge is -2.28. The van der Waals surface area contributed by atoms with Crippen molar-refractivity contribution in [3.05, 3.63) is 30.6 Å². The van der Waals surface area contributed by atoms with Gasteiger partial charge in [-0.1, -0.05) is 23.5 Å². The van der Waals surface area contributed by atoms with Gasteiger partial charge in [-0.25, -0.2) is 9.97 Å². The topological polar surface area (TPSA) is 75.2 Å². The molecular formula is C14H9N4O2S2. The standard InChI is InChI=1S/C14H9N4O2S2/c19-11-6-21-13-9(17-11)4-8(5-16-13)18-10-2-1-3-15-14(10)22-7-12(18)20/h2-5H,6-7H2,(H,17,19). The smallest absolute Gasteiger partial charge is 0.242 e. The molecule has 0 bridgehead atoms. The summed E-state index contributed by atoms with van der Waals surface area (Å²) in [5, 5.41) is 4.34. The van der Waals surface area contributed by atoms with Crippen LogP contribution in [0.4, 0.5) is 17.1 Å². The average Bonchev–Trinajstić information content (AvgIpc) is 2.54. The molecule has 8 heteroatoms. The first-order chi connectivity index (χ1) is 10.7. The molecule has 1 radical (unpaired) electrons. The number of thioether (sulfide) groups is 2. The maximum absolute atomic E-state index is 12.3. The second kappa shape index (κ2) is 5.29. The highest BCUT2D eigenvalue weighted by molar-refractivity contribution is 8.00. The molecule has 2 aromatic heterocycles. The summed E-state index contributed by atoms with van der Waals surface area (Å²) in [6.45, 7) is 0. The van der Waals surface area contributed by atoms with Crippen LogP contribution in [-0.2, 0) is 9.59 Å². The van der Waals surface area contributed by atoms with Crippen LogP contribution >= 0.6 is 23.5 Å². The Balaban J connectivity index is 1.80. The SMILES string of the molecule is O=C1CSc2ncc(N3C(=O)CSc4nc[c]cc43)cc2N1. The maximum Gasteiger partial charge on any atom is 0.242 e. The molecule has 6 nitrogen and oxygen atoms in total. The van der Waals surface area contributed by atoms with Crippen LogP contribution < -0.4 is 10.2 Å². The fourth-order valence-corrected chi connectivity index (χ4v) is 3.86. The van der Waals surface area contributed by atoms with Crippen molar-refractivity contribution in [3.63, 3.8) is 0 Å². The van der Waals surface area contributed by atoms with E-state index in [2.05, 4.69) is 21.4 Å². The van der Waals surface area contributed by atoms with Crippen molar-refractivity contribution in [3.8, 4) is 0 Å². The van der Waals surface area contributed by atoms with Crippen molar-refractivity contribution in [1.29, 1.82) is 0 Å². The molecule has 22 heavy (non-hydrogen) atoms. The van der Waals surface area contributed by atoms with Gasteiger partial charge in [0.05, 0.1) is 34.8 Å². The summed E-state index contributed by atoms with van der Waals surface area (Å²) in [4.78, 5) is 34.0. The Labute approximate surface area is 134 Å². The second-order valence-electron chi connectivity index (χ2n) is 4.66. The third-order valence-electron chi connectivity index (χ3n) is 3.23. The van der Waals surface area contributed by atoms with Gasteiger partial charge < -0.3 is 5.32 Å². The number of carbonyl (C=O) groups is 2. The number of pyridine rings is 2. The molecule has 109 valence electrons. The summed E-state index contributed by atoms with van der Waals surface area (Å²) in [5.74, 6) is 0.575. The van der Waals surface area contributed by atoms with Gasteiger partial charge in [-0.05, 0) is 12.1 Å². The maximum atomic E-state index is 12.3. The Morgan fingerprint density at radius 1 is 1.18 bits per heavy atom. The Hall–Kier alpha value is -2.06. The van der Waals surface area contributed by atoms with Crippen LogP contribution in [0.2, 0.25) is 0 Å². The van der Waals surface area contributed by atoms with Crippen LogP contribution in [-0.4, -0.2) is 33.3 Å². The van der Waals surface area contributed by atoms with E-state index >= 15 is 0 Å². The van der Waals surface area contributed by atoms with Crippen molar-refractivity contribution in [2.24, 2.45) is 0 Å². The lowest BCUT2D eigenvalue weighted by molar-refractivity contribution is -0.115. The van der Waals surface area contributed by atoms with Crippen LogP contribution in [0, 0.1) is 6.07 Å². The Morgan fingerprint density at radius 3 is 2.95 bits per heavy atom. The molecule has 2 aromatic rings. The van der Waals surface area contributed by atoms with Crippen molar-refractivity contribution >= 4 is 52.4 Å². The second-order valence-corrected chi connectivity index (χ2v) is 6.59. The number of nitrogens with one attached hydrogen (secondary N) is 1. The Bertz CT molecular complexity index is 796. The predicted molar refractivity (Wildman–Crippen MR) is 84.5 cm³/mol. The van der Waals surface area contributed by atoms with Gasteiger partial charge in [0.15, 0.2) is 0 Å². The largest absolute Gasteiger partial charge is 0.323 e. The van der Waals surface area contributed by atoms with Crippen LogP contribution in [0.5, 0.6) is 0 Å². The summed E-state index contributed by atoms with van der Waals surface area (Å²) < 4.78 is 0. The van der Waals surface area contributed by atoms with E-state index in [-0.39, 0.29) is 11.8 Å². The Kier molecular flexibility index (Phi) is 3.27. The minimum atomic E-state index is -0.0626. The van der Waals surface area contributed by atoms with Gasteiger partial charge in [0, 0.05) is 12.3 Å². The average molecular weight is 329 g/mol. The molecule has 2 aliphatic rings. The van der Waals surface area contributed by atoms with E-state index in [9.17, 15) is 9.59 Å². The highest BCUT2D eigenvalue weighted by Crippen LogP contribution is 2.40. The number of rotatable bonds is 1. The zero-order chi connectivity index (χ0) is 15.1. The number of anilines is 3. The molecule has 2 amide bonds. The van der Waals surface area contributed by atoms with Crippen molar-refractivity contribution in [2.45, 2.75) is 10.1 Å². The third kappa shape index (κ3) is 2.24. The first-order valence-electron chi connectivity index (χ1n) is 6.47. The van der Waals surface area contributed by atoms with Crippen LogP contribution in [0.1, 0.15) is 0 Å². The molecule has 0 fully saturated rings. The molecule has 0 saturated heterocycles. The van der Waals surface area contributed by atoms with Crippen molar-refractivity contribution in [1.82, 2.24) is 9.97 Å². The molecule has 0 atom stereocenters. The van der Waals surface area contributed by atoms with E-state index in [4.69, 9.17) is 0 Å². The van der Waals surface area contributed by atoms with E-state index in [0.29, 0.717) is 28.6 Å². The minimum absolute atomic E-state index is 0.0459. The van der Waals surface area contributed by atoms with Gasteiger partial charge in [-0.3, -0.25) is 14.5 Å². The number of amides is 2. The number of nitrogens with zero attached hydrogens (tertiary/aromatic N) is 3. The van der Waals surface area contributed by atoms with Crippen LogP contribution in [0.15, 0.2) is 34.6 Å². The highest BCUT2D eigenvalue weighted by Gasteiger charge is 2.28. The molecule has 0 saturated carbocycles. The Morgan fingerprint density at radius 2 is 2.05 bits per heavy atom. The van der Waals surface area contributed by atoms with Gasteiger partial charge in [-0.15, -0.1) is 0 Å². The third-order valence-corrected chi connectivity index (χ3v) is 5.21. The molecule has 2 aliphatic heterocycles. The van der Waals surface area contributed by atoms with E-state index in [1.807, 2.05) is 0 Å². The number of hydrogen-bond donors (Lipinski definition) is 1. The lowest BCUT2D eigenvalue weighted by atomic mass is 10.2. The molecule has 0 aromatic carbocycles. The van der Waals surface area contributed by atoms with E-state index in [1.54, 1.807) is 29.4 Å². The number of fused-ring (bicyclic) bond motifs is 2. The highest BCUT2D eigenvalue weighted by atomic mass is 32.2. The summed E-state index contributed by atoms with van der Waals surface area (Å²) in [6.07, 6.45) is 3.23. The predicted octanol–water partition coefficient (Wildman–Crippen LogP) is 2.09. The van der Waals surface area contributed by atoms with Crippen LogP contribution in [0.25, 0.3) is 0 Å². The monoisotopic (exact) mass is 329 g/mol. The molecule has 1 N–H and O–H groups in total. The van der Waals surface area contributed by atoms with Gasteiger partial charge >= 0.3 is 0 Å². The quantitative estimate of drug-likeness (QED) is 0.863. The summed E-state index contributed by atoms with van der Waals surface area (Å²) >= 11 is 2.80. The molecule has 4 heterocycles. The first-order valence-corrected chi connectivity index (χ1v) is 8.44. The zero-order valence-electron chi connectivity index (χ0n) is 11.2. The normalized spacial score (nSPS) is 16.8. The first kappa shape index (κ1) is 13.6. The molecule has 0 aliphatic carbocycles. The number of hydrogen-bond acceptors (Lipinski definition) is 6. The summed E-state index contributed by atoms with van der Waals surface area (Å²) in [5.41, 5.74) is 1.95. The van der Waals surface area contributed by atoms with E-state index in [0.717, 1.165) is 10.1 Å². The van der Waals surface area contributed by atoms with Crippen molar-refractivity contribution in [2.75, 3.05) is 21.7 Å². The molecular weight excluding hydrogens is 320 g/mol. The summed E-state index contributed by atoms with van der Waals surface area (Å²) in [7, 11) is 0. The lowest BCUT2D eigenvalue weighted by Crippen LogP contribution is -2.31. The minimum Gasteiger partial charge on any atom is -0.323 e. The van der Waals surface area contributed by atoms with Crippen LogP contribution in [0.3, 0.4) is 0 Å². The summed E-state index contributed by atoms with van der Waals surface area (Å²) in [6, 6.07) is 6.41. The fourth-order valence-electron chi connectivity index (χ4n) is 2.31.